The summed E-state index contributed by atoms with van der Waals surface area (Å²) in [6.07, 6.45) is 2.95. The van der Waals surface area contributed by atoms with E-state index in [1.807, 2.05) is 9.80 Å². The average Bonchev–Trinajstić information content (AvgIpc) is 2.80. The van der Waals surface area contributed by atoms with E-state index in [4.69, 9.17) is 16.3 Å². The summed E-state index contributed by atoms with van der Waals surface area (Å²) in [6, 6.07) is 0. The molecule has 0 atom stereocenters. The van der Waals surface area contributed by atoms with Gasteiger partial charge in [0.1, 0.15) is 0 Å². The predicted octanol–water partition coefficient (Wildman–Crippen LogP) is 1.55. The summed E-state index contributed by atoms with van der Waals surface area (Å²) in [6.45, 7) is 2.66. The summed E-state index contributed by atoms with van der Waals surface area (Å²) in [5, 5.41) is 0. The van der Waals surface area contributed by atoms with Gasteiger partial charge in [-0.1, -0.05) is 0 Å². The van der Waals surface area contributed by atoms with Gasteiger partial charge < -0.3 is 14.5 Å². The zero-order chi connectivity index (χ0) is 15.3. The number of nitrogens with zero attached hydrogens (tertiary/aromatic N) is 2. The van der Waals surface area contributed by atoms with Crippen LogP contribution in [0.4, 0.5) is 0 Å². The number of likely N-dealkylation sites (tertiary alicyclic amines) is 1. The Balaban J connectivity index is 1.91. The molecule has 120 valence electrons. The molecule has 0 aromatic carbocycles. The number of hydrogen-bond acceptors (Lipinski definition) is 4. The van der Waals surface area contributed by atoms with Crippen LogP contribution in [0.15, 0.2) is 0 Å². The Bertz CT molecular complexity index is 386. The molecule has 0 radical (unpaired) electrons. The van der Waals surface area contributed by atoms with Gasteiger partial charge in [0.25, 0.3) is 0 Å². The minimum atomic E-state index is -0.126. The van der Waals surface area contributed by atoms with E-state index in [1.165, 1.54) is 0 Å². The third-order valence-electron chi connectivity index (χ3n) is 4.20. The van der Waals surface area contributed by atoms with E-state index in [0.29, 0.717) is 31.2 Å². The van der Waals surface area contributed by atoms with Crippen LogP contribution in [0.1, 0.15) is 25.7 Å². The second-order valence-corrected chi connectivity index (χ2v) is 7.16. The highest BCUT2D eigenvalue weighted by Crippen LogP contribution is 2.44. The predicted molar refractivity (Wildman–Crippen MR) is 84.5 cm³/mol. The number of methoxy groups -OCH3 is 1. The molecule has 2 heterocycles. The molecule has 2 aliphatic heterocycles. The molecule has 2 saturated heterocycles. The number of halogens is 1. The Kier molecular flexibility index (Phi) is 6.20. The van der Waals surface area contributed by atoms with Crippen LogP contribution in [0.5, 0.6) is 0 Å². The van der Waals surface area contributed by atoms with Gasteiger partial charge in [0, 0.05) is 39.0 Å². The summed E-state index contributed by atoms with van der Waals surface area (Å²) >= 11 is 7.36. The van der Waals surface area contributed by atoms with Crippen LogP contribution >= 0.6 is 23.4 Å². The lowest BCUT2D eigenvalue weighted by atomic mass is 10.0. The number of ether oxygens (including phenoxy) is 1. The number of carbonyl (C=O) groups excluding carboxylic acids is 2. The molecule has 2 fully saturated rings. The second-order valence-electron chi connectivity index (χ2n) is 5.45. The maximum Gasteiger partial charge on any atom is 0.233 e. The second kappa shape index (κ2) is 7.70. The molecule has 2 rings (SSSR count). The van der Waals surface area contributed by atoms with Crippen molar-refractivity contribution in [3.63, 3.8) is 0 Å². The molecule has 7 heteroatoms. The van der Waals surface area contributed by atoms with Crippen LogP contribution in [0.2, 0.25) is 0 Å². The Morgan fingerprint density at radius 3 is 2.76 bits per heavy atom. The average molecular weight is 335 g/mol. The first-order valence-corrected chi connectivity index (χ1v) is 8.92. The lowest BCUT2D eigenvalue weighted by Gasteiger charge is -2.44. The first kappa shape index (κ1) is 16.9. The number of hydrogen-bond donors (Lipinski definition) is 0. The lowest BCUT2D eigenvalue weighted by molar-refractivity contribution is -0.135. The third-order valence-corrected chi connectivity index (χ3v) is 6.02. The molecule has 5 nitrogen and oxygen atoms in total. The molecule has 0 saturated carbocycles. The number of amides is 2. The number of thioether (sulfide) groups is 1. The van der Waals surface area contributed by atoms with Gasteiger partial charge in [-0.3, -0.25) is 9.59 Å². The van der Waals surface area contributed by atoms with Gasteiger partial charge in [0.05, 0.1) is 17.2 Å². The minimum Gasteiger partial charge on any atom is -0.383 e. The molecular formula is C14H23ClN2O3S. The van der Waals surface area contributed by atoms with Crippen molar-refractivity contribution in [1.82, 2.24) is 9.80 Å². The van der Waals surface area contributed by atoms with Crippen molar-refractivity contribution in [3.05, 3.63) is 0 Å². The van der Waals surface area contributed by atoms with E-state index in [1.54, 1.807) is 18.9 Å². The molecule has 0 bridgehead atoms. The number of carbonyl (C=O) groups is 2. The molecule has 21 heavy (non-hydrogen) atoms. The summed E-state index contributed by atoms with van der Waals surface area (Å²) in [4.78, 5) is 27.8. The highest BCUT2D eigenvalue weighted by molar-refractivity contribution is 8.01. The Morgan fingerprint density at radius 2 is 2.14 bits per heavy atom. The molecule has 0 unspecified atom stereocenters. The monoisotopic (exact) mass is 334 g/mol. The zero-order valence-corrected chi connectivity index (χ0v) is 14.0. The maximum atomic E-state index is 12.1. The van der Waals surface area contributed by atoms with Crippen molar-refractivity contribution >= 4 is 35.2 Å². The molecule has 2 aliphatic rings. The van der Waals surface area contributed by atoms with Crippen LogP contribution in [-0.4, -0.2) is 71.5 Å². The van der Waals surface area contributed by atoms with E-state index >= 15 is 0 Å². The van der Waals surface area contributed by atoms with E-state index in [2.05, 4.69) is 0 Å². The quantitative estimate of drug-likeness (QED) is 0.691. The fraction of sp³-hybridized carbons (Fsp3) is 0.857. The van der Waals surface area contributed by atoms with Crippen molar-refractivity contribution in [2.45, 2.75) is 30.6 Å². The number of alkyl halides is 1. The fourth-order valence-corrected chi connectivity index (χ4v) is 4.49. The maximum absolute atomic E-state index is 12.1. The standard InChI is InChI=1S/C14H23ClN2O3S/c1-20-10-9-17-13(19)11-21-14(17)4-7-16(8-5-14)12(18)3-2-6-15/h2-11H2,1H3. The van der Waals surface area contributed by atoms with E-state index in [9.17, 15) is 9.59 Å². The molecular weight excluding hydrogens is 312 g/mol. The van der Waals surface area contributed by atoms with Gasteiger partial charge in [0.2, 0.25) is 11.8 Å². The summed E-state index contributed by atoms with van der Waals surface area (Å²) < 4.78 is 5.11. The molecule has 0 N–H and O–H groups in total. The smallest absolute Gasteiger partial charge is 0.233 e. The summed E-state index contributed by atoms with van der Waals surface area (Å²) in [7, 11) is 1.65. The molecule has 0 aromatic rings. The van der Waals surface area contributed by atoms with Gasteiger partial charge >= 0.3 is 0 Å². The lowest BCUT2D eigenvalue weighted by Crippen LogP contribution is -2.53. The van der Waals surface area contributed by atoms with Crippen molar-refractivity contribution in [1.29, 1.82) is 0 Å². The van der Waals surface area contributed by atoms with Gasteiger partial charge in [-0.15, -0.1) is 23.4 Å². The van der Waals surface area contributed by atoms with Crippen molar-refractivity contribution in [3.8, 4) is 0 Å². The Labute approximate surface area is 135 Å². The van der Waals surface area contributed by atoms with Crippen LogP contribution in [0, 0.1) is 0 Å². The molecule has 1 spiro atoms. The van der Waals surface area contributed by atoms with E-state index in [-0.39, 0.29) is 16.7 Å². The van der Waals surface area contributed by atoms with Crippen molar-refractivity contribution < 1.29 is 14.3 Å². The molecule has 0 aliphatic carbocycles. The van der Waals surface area contributed by atoms with E-state index < -0.39 is 0 Å². The van der Waals surface area contributed by atoms with E-state index in [0.717, 1.165) is 32.4 Å². The third kappa shape index (κ3) is 3.85. The van der Waals surface area contributed by atoms with Crippen LogP contribution < -0.4 is 0 Å². The SMILES string of the molecule is COCCN1C(=O)CSC12CCN(C(=O)CCCCl)CC2. The van der Waals surface area contributed by atoms with Crippen LogP contribution in [-0.2, 0) is 14.3 Å². The first-order valence-electron chi connectivity index (χ1n) is 7.40. The minimum absolute atomic E-state index is 0.126. The zero-order valence-electron chi connectivity index (χ0n) is 12.5. The first-order chi connectivity index (χ1) is 10.1. The van der Waals surface area contributed by atoms with Gasteiger partial charge in [-0.2, -0.15) is 0 Å². The Hall–Kier alpha value is -0.460. The van der Waals surface area contributed by atoms with Gasteiger partial charge in [0.15, 0.2) is 0 Å². The largest absolute Gasteiger partial charge is 0.383 e. The van der Waals surface area contributed by atoms with Crippen molar-refractivity contribution in [2.24, 2.45) is 0 Å². The van der Waals surface area contributed by atoms with Gasteiger partial charge in [-0.05, 0) is 19.3 Å². The normalized spacial score (nSPS) is 21.3. The summed E-state index contributed by atoms with van der Waals surface area (Å²) in [5.41, 5.74) is 0. The van der Waals surface area contributed by atoms with Crippen LogP contribution in [0.25, 0.3) is 0 Å². The fourth-order valence-electron chi connectivity index (χ4n) is 2.99. The highest BCUT2D eigenvalue weighted by Gasteiger charge is 2.47. The molecule has 2 amide bonds. The number of piperidine rings is 1. The van der Waals surface area contributed by atoms with Crippen molar-refractivity contribution in [2.75, 3.05) is 45.0 Å². The Morgan fingerprint density at radius 1 is 1.43 bits per heavy atom. The topological polar surface area (TPSA) is 49.9 Å². The molecule has 0 aromatic heterocycles. The number of rotatable bonds is 6. The van der Waals surface area contributed by atoms with Crippen LogP contribution in [0.3, 0.4) is 0 Å². The highest BCUT2D eigenvalue weighted by atomic mass is 35.5. The summed E-state index contributed by atoms with van der Waals surface area (Å²) in [5.74, 6) is 1.45. The van der Waals surface area contributed by atoms with Gasteiger partial charge in [-0.25, -0.2) is 0 Å².